The van der Waals surface area contributed by atoms with Crippen LogP contribution in [-0.2, 0) is 12.8 Å². The number of para-hydroxylation sites is 3. The first kappa shape index (κ1) is 28.9. The number of hydrogen-bond donors (Lipinski definition) is 0. The quantitative estimate of drug-likeness (QED) is 0.162. The number of anilines is 4. The summed E-state index contributed by atoms with van der Waals surface area (Å²) in [5.41, 5.74) is 9.62. The zero-order valence-corrected chi connectivity index (χ0v) is 26.9. The predicted molar refractivity (Wildman–Crippen MR) is 195 cm³/mol. The normalized spacial score (nSPS) is 12.6. The van der Waals surface area contributed by atoms with Crippen LogP contribution in [0.25, 0.3) is 27.6 Å². The Hall–Kier alpha value is -5.55. The molecule has 0 unspecified atom stereocenters. The summed E-state index contributed by atoms with van der Waals surface area (Å²) in [5, 5.41) is 2.57. The molecule has 7 aromatic rings. The zero-order chi connectivity index (χ0) is 31.7. The maximum absolute atomic E-state index is 6.75. The Balaban J connectivity index is 1.21. The van der Waals surface area contributed by atoms with Crippen molar-refractivity contribution in [2.24, 2.45) is 0 Å². The summed E-state index contributed by atoms with van der Waals surface area (Å²) in [6.07, 6.45) is 6.07. The largest absolute Gasteiger partial charge is 0.457 e. The molecule has 8 rings (SSSR count). The molecule has 5 heteroatoms. The van der Waals surface area contributed by atoms with Gasteiger partial charge in [-0.3, -0.25) is 4.57 Å². The molecule has 232 valence electrons. The minimum Gasteiger partial charge on any atom is -0.457 e. The van der Waals surface area contributed by atoms with Gasteiger partial charge in [-0.1, -0.05) is 75.2 Å². The van der Waals surface area contributed by atoms with Gasteiger partial charge in [0.25, 0.3) is 0 Å². The van der Waals surface area contributed by atoms with Crippen molar-refractivity contribution in [3.63, 3.8) is 0 Å². The minimum absolute atomic E-state index is 0.726. The van der Waals surface area contributed by atoms with Crippen molar-refractivity contribution in [3.8, 4) is 17.3 Å². The van der Waals surface area contributed by atoms with Crippen LogP contribution in [0.15, 0.2) is 134 Å². The van der Waals surface area contributed by atoms with Gasteiger partial charge in [0, 0.05) is 40.5 Å². The summed E-state index contributed by atoms with van der Waals surface area (Å²) in [6.45, 7) is 5.21. The molecule has 47 heavy (non-hydrogen) atoms. The molecule has 5 aromatic carbocycles. The second kappa shape index (κ2) is 12.3. The molecule has 0 spiro atoms. The van der Waals surface area contributed by atoms with E-state index >= 15 is 0 Å². The van der Waals surface area contributed by atoms with Gasteiger partial charge in [-0.15, -0.1) is 0 Å². The van der Waals surface area contributed by atoms with E-state index in [0.29, 0.717) is 0 Å². The van der Waals surface area contributed by atoms with E-state index < -0.39 is 0 Å². The third-order valence-electron chi connectivity index (χ3n) is 9.10. The van der Waals surface area contributed by atoms with Gasteiger partial charge in [0.1, 0.15) is 24.0 Å². The van der Waals surface area contributed by atoms with Crippen molar-refractivity contribution in [2.75, 3.05) is 16.5 Å². The first-order chi connectivity index (χ1) is 23.2. The second-order valence-electron chi connectivity index (χ2n) is 12.3. The summed E-state index contributed by atoms with van der Waals surface area (Å²) in [4.78, 5) is 9.50. The van der Waals surface area contributed by atoms with E-state index in [1.165, 1.54) is 44.5 Å². The molecule has 0 atom stereocenters. The number of benzene rings is 5. The second-order valence-corrected chi connectivity index (χ2v) is 12.3. The highest BCUT2D eigenvalue weighted by Gasteiger charge is 2.28. The summed E-state index contributed by atoms with van der Waals surface area (Å²) in [6, 6.07) is 45.1. The Kier molecular flexibility index (Phi) is 7.58. The van der Waals surface area contributed by atoms with Gasteiger partial charge in [-0.25, -0.2) is 4.98 Å². The number of aromatic nitrogens is 2. The molecular formula is C42H38N4O. The SMILES string of the molecule is CCCc1ccc2c(c1)c1c(CCC)cc(Oc3cccc(N4CN(c5ccccc5)c5ccccc54)c3)cc1n2-c1ccccn1. The monoisotopic (exact) mass is 614 g/mol. The number of rotatable bonds is 9. The van der Waals surface area contributed by atoms with E-state index in [9.17, 15) is 0 Å². The van der Waals surface area contributed by atoms with Crippen molar-refractivity contribution in [3.05, 3.63) is 145 Å². The topological polar surface area (TPSA) is 33.5 Å². The standard InChI is InChI=1S/C42H38N4O/c1-3-13-30-22-23-37-36(25-30)42-31(14-4-2)26-35(28-40(42)46(37)41-21-10-11-24-43-41)47-34-18-12-17-33(27-34)45-29-44(32-15-6-5-7-16-32)38-19-8-9-20-39(38)45/h5-12,15-28H,3-4,13-14,29H2,1-2H3. The van der Waals surface area contributed by atoms with E-state index in [1.807, 2.05) is 12.3 Å². The first-order valence-electron chi connectivity index (χ1n) is 16.7. The zero-order valence-electron chi connectivity index (χ0n) is 26.9. The fourth-order valence-electron chi connectivity index (χ4n) is 7.07. The highest BCUT2D eigenvalue weighted by atomic mass is 16.5. The van der Waals surface area contributed by atoms with E-state index in [2.05, 4.69) is 150 Å². The summed E-state index contributed by atoms with van der Waals surface area (Å²) < 4.78 is 9.04. The van der Waals surface area contributed by atoms with Gasteiger partial charge in [-0.2, -0.15) is 0 Å². The Labute approximate surface area is 276 Å². The Morgan fingerprint density at radius 3 is 2.13 bits per heavy atom. The highest BCUT2D eigenvalue weighted by molar-refractivity contribution is 6.11. The van der Waals surface area contributed by atoms with Crippen LogP contribution in [0.3, 0.4) is 0 Å². The molecule has 0 saturated carbocycles. The highest BCUT2D eigenvalue weighted by Crippen LogP contribution is 2.45. The van der Waals surface area contributed by atoms with Gasteiger partial charge in [-0.05, 0) is 90.7 Å². The minimum atomic E-state index is 0.726. The molecule has 0 fully saturated rings. The maximum Gasteiger partial charge on any atom is 0.137 e. The van der Waals surface area contributed by atoms with Crippen LogP contribution in [0.5, 0.6) is 11.5 Å². The molecule has 1 aliphatic heterocycles. The van der Waals surface area contributed by atoms with Crippen molar-refractivity contribution in [1.29, 1.82) is 0 Å². The number of nitrogens with zero attached hydrogens (tertiary/aromatic N) is 4. The molecule has 3 heterocycles. The number of fused-ring (bicyclic) bond motifs is 4. The lowest BCUT2D eigenvalue weighted by molar-refractivity contribution is 0.482. The molecule has 0 N–H and O–H groups in total. The van der Waals surface area contributed by atoms with E-state index in [4.69, 9.17) is 9.72 Å². The van der Waals surface area contributed by atoms with Crippen LogP contribution in [0, 0.1) is 0 Å². The van der Waals surface area contributed by atoms with E-state index in [0.717, 1.165) is 60.9 Å². The number of pyridine rings is 1. The van der Waals surface area contributed by atoms with Gasteiger partial charge >= 0.3 is 0 Å². The van der Waals surface area contributed by atoms with E-state index in [1.54, 1.807) is 0 Å². The number of hydrogen-bond acceptors (Lipinski definition) is 4. The summed E-state index contributed by atoms with van der Waals surface area (Å²) in [5.74, 6) is 2.55. The lowest BCUT2D eigenvalue weighted by Gasteiger charge is -2.22. The van der Waals surface area contributed by atoms with Crippen LogP contribution < -0.4 is 14.5 Å². The molecule has 5 nitrogen and oxygen atoms in total. The fraction of sp³-hybridized carbons (Fsp3) is 0.167. The van der Waals surface area contributed by atoms with Crippen LogP contribution in [-0.4, -0.2) is 16.2 Å². The van der Waals surface area contributed by atoms with Gasteiger partial charge in [0.2, 0.25) is 0 Å². The van der Waals surface area contributed by atoms with Gasteiger partial charge in [0.15, 0.2) is 0 Å². The van der Waals surface area contributed by atoms with E-state index in [-0.39, 0.29) is 0 Å². The molecule has 1 aliphatic rings. The Bertz CT molecular complexity index is 2190. The van der Waals surface area contributed by atoms with Crippen LogP contribution in [0.1, 0.15) is 37.8 Å². The average molecular weight is 615 g/mol. The number of ether oxygens (including phenoxy) is 1. The van der Waals surface area contributed by atoms with Crippen LogP contribution >= 0.6 is 0 Å². The Morgan fingerprint density at radius 2 is 1.36 bits per heavy atom. The Morgan fingerprint density at radius 1 is 0.617 bits per heavy atom. The predicted octanol–water partition coefficient (Wildman–Crippen LogP) is 11.1. The maximum atomic E-state index is 6.75. The van der Waals surface area contributed by atoms with Gasteiger partial charge < -0.3 is 14.5 Å². The lowest BCUT2D eigenvalue weighted by Crippen LogP contribution is -2.23. The first-order valence-corrected chi connectivity index (χ1v) is 16.7. The molecule has 0 bridgehead atoms. The van der Waals surface area contributed by atoms with Crippen LogP contribution in [0.4, 0.5) is 22.7 Å². The molecule has 0 radical (unpaired) electrons. The summed E-state index contributed by atoms with van der Waals surface area (Å²) in [7, 11) is 0. The van der Waals surface area contributed by atoms with Crippen molar-refractivity contribution < 1.29 is 4.74 Å². The smallest absolute Gasteiger partial charge is 0.137 e. The van der Waals surface area contributed by atoms with Crippen molar-refractivity contribution >= 4 is 44.6 Å². The molecule has 0 saturated heterocycles. The van der Waals surface area contributed by atoms with Crippen molar-refractivity contribution in [1.82, 2.24) is 9.55 Å². The lowest BCUT2D eigenvalue weighted by atomic mass is 10.00. The number of aryl methyl sites for hydroxylation is 2. The van der Waals surface area contributed by atoms with Crippen molar-refractivity contribution in [2.45, 2.75) is 39.5 Å². The molecule has 0 aliphatic carbocycles. The third-order valence-corrected chi connectivity index (χ3v) is 9.10. The molecule has 0 amide bonds. The molecular weight excluding hydrogens is 576 g/mol. The third kappa shape index (κ3) is 5.28. The average Bonchev–Trinajstić information content (AvgIpc) is 3.66. The molecule has 2 aromatic heterocycles. The fourth-order valence-corrected chi connectivity index (χ4v) is 7.07. The van der Waals surface area contributed by atoms with Crippen LogP contribution in [0.2, 0.25) is 0 Å². The van der Waals surface area contributed by atoms with Gasteiger partial charge in [0.05, 0.1) is 22.4 Å². The summed E-state index contributed by atoms with van der Waals surface area (Å²) >= 11 is 0.